The van der Waals surface area contributed by atoms with Crippen LogP contribution in [0.15, 0.2) is 18.3 Å². The SMILES string of the molecule is CN(C)c1ccc(C2(C(=O)O)CC(N)C2)cn1. The molecule has 1 aromatic rings. The summed E-state index contributed by atoms with van der Waals surface area (Å²) in [5.74, 6) is 0.0107. The van der Waals surface area contributed by atoms with Crippen molar-refractivity contribution >= 4 is 11.8 Å². The van der Waals surface area contributed by atoms with E-state index in [0.29, 0.717) is 12.8 Å². The number of pyridine rings is 1. The van der Waals surface area contributed by atoms with Gasteiger partial charge in [0, 0.05) is 26.3 Å². The molecule has 0 bridgehead atoms. The molecule has 1 saturated carbocycles. The first-order valence-corrected chi connectivity index (χ1v) is 5.58. The van der Waals surface area contributed by atoms with Crippen LogP contribution in [0.25, 0.3) is 0 Å². The minimum absolute atomic E-state index is 0.0142. The molecule has 0 aliphatic heterocycles. The molecule has 1 fully saturated rings. The van der Waals surface area contributed by atoms with Crippen molar-refractivity contribution in [3.8, 4) is 0 Å². The summed E-state index contributed by atoms with van der Waals surface area (Å²) in [5, 5.41) is 9.34. The van der Waals surface area contributed by atoms with E-state index in [2.05, 4.69) is 4.98 Å². The normalized spacial score (nSPS) is 27.4. The van der Waals surface area contributed by atoms with Crippen LogP contribution in [0.2, 0.25) is 0 Å². The monoisotopic (exact) mass is 235 g/mol. The Morgan fingerprint density at radius 2 is 2.18 bits per heavy atom. The lowest BCUT2D eigenvalue weighted by atomic mass is 9.62. The van der Waals surface area contributed by atoms with E-state index in [0.717, 1.165) is 11.4 Å². The quantitative estimate of drug-likeness (QED) is 0.801. The number of rotatable bonds is 3. The molecule has 0 atom stereocenters. The highest BCUT2D eigenvalue weighted by Crippen LogP contribution is 2.43. The van der Waals surface area contributed by atoms with Gasteiger partial charge in [-0.3, -0.25) is 4.79 Å². The summed E-state index contributed by atoms with van der Waals surface area (Å²) in [6.07, 6.45) is 2.63. The van der Waals surface area contributed by atoms with Crippen molar-refractivity contribution < 1.29 is 9.90 Å². The molecule has 3 N–H and O–H groups in total. The zero-order chi connectivity index (χ0) is 12.6. The van der Waals surface area contributed by atoms with Crippen LogP contribution in [0, 0.1) is 0 Å². The predicted molar refractivity (Wildman–Crippen MR) is 65.1 cm³/mol. The van der Waals surface area contributed by atoms with Crippen molar-refractivity contribution in [2.75, 3.05) is 19.0 Å². The zero-order valence-electron chi connectivity index (χ0n) is 10.1. The molecule has 1 aliphatic rings. The number of hydrogen-bond acceptors (Lipinski definition) is 4. The lowest BCUT2D eigenvalue weighted by Gasteiger charge is -2.42. The number of hydrogen-bond donors (Lipinski definition) is 2. The van der Waals surface area contributed by atoms with Crippen LogP contribution in [0.4, 0.5) is 5.82 Å². The Balaban J connectivity index is 2.29. The van der Waals surface area contributed by atoms with Crippen LogP contribution >= 0.6 is 0 Å². The fourth-order valence-electron chi connectivity index (χ4n) is 2.30. The number of aliphatic carboxylic acids is 1. The number of nitrogens with zero attached hydrogens (tertiary/aromatic N) is 2. The minimum Gasteiger partial charge on any atom is -0.481 e. The summed E-state index contributed by atoms with van der Waals surface area (Å²) in [6, 6.07) is 3.66. The topological polar surface area (TPSA) is 79.5 Å². The summed E-state index contributed by atoms with van der Waals surface area (Å²) in [7, 11) is 3.79. The summed E-state index contributed by atoms with van der Waals surface area (Å²) in [5.41, 5.74) is 5.64. The largest absolute Gasteiger partial charge is 0.481 e. The van der Waals surface area contributed by atoms with Gasteiger partial charge in [0.2, 0.25) is 0 Å². The molecule has 0 amide bonds. The lowest BCUT2D eigenvalue weighted by Crippen LogP contribution is -2.54. The van der Waals surface area contributed by atoms with Gasteiger partial charge in [0.1, 0.15) is 5.82 Å². The minimum atomic E-state index is -0.822. The first-order chi connectivity index (χ1) is 7.95. The molecule has 17 heavy (non-hydrogen) atoms. The molecule has 0 unspecified atom stereocenters. The van der Waals surface area contributed by atoms with Crippen molar-refractivity contribution in [2.24, 2.45) is 5.73 Å². The lowest BCUT2D eigenvalue weighted by molar-refractivity contribution is -0.148. The molecular formula is C12H17N3O2. The molecule has 0 saturated heterocycles. The molecule has 5 nitrogen and oxygen atoms in total. The second kappa shape index (κ2) is 4.00. The molecule has 1 aromatic heterocycles. The van der Waals surface area contributed by atoms with Crippen LogP contribution in [-0.4, -0.2) is 36.2 Å². The van der Waals surface area contributed by atoms with E-state index in [9.17, 15) is 9.90 Å². The summed E-state index contributed by atoms with van der Waals surface area (Å²) in [6.45, 7) is 0. The van der Waals surface area contributed by atoms with Crippen LogP contribution in [0.3, 0.4) is 0 Å². The number of carbonyl (C=O) groups is 1. The maximum absolute atomic E-state index is 11.4. The van der Waals surface area contributed by atoms with Crippen LogP contribution in [-0.2, 0) is 10.2 Å². The molecule has 92 valence electrons. The van der Waals surface area contributed by atoms with Crippen molar-refractivity contribution in [1.29, 1.82) is 0 Å². The van der Waals surface area contributed by atoms with Crippen molar-refractivity contribution in [3.63, 3.8) is 0 Å². The van der Waals surface area contributed by atoms with Crippen LogP contribution in [0.1, 0.15) is 18.4 Å². The van der Waals surface area contributed by atoms with Gasteiger partial charge in [0.25, 0.3) is 0 Å². The fraction of sp³-hybridized carbons (Fsp3) is 0.500. The van der Waals surface area contributed by atoms with E-state index in [1.807, 2.05) is 31.1 Å². The average Bonchev–Trinajstić information content (AvgIpc) is 2.24. The Labute approximate surface area is 100 Å². The van der Waals surface area contributed by atoms with E-state index >= 15 is 0 Å². The predicted octanol–water partition coefficient (Wildman–Crippen LogP) is 0.591. The summed E-state index contributed by atoms with van der Waals surface area (Å²) in [4.78, 5) is 17.5. The van der Waals surface area contributed by atoms with Gasteiger partial charge in [-0.05, 0) is 24.5 Å². The van der Waals surface area contributed by atoms with Crippen molar-refractivity contribution in [2.45, 2.75) is 24.3 Å². The van der Waals surface area contributed by atoms with Gasteiger partial charge in [-0.15, -0.1) is 0 Å². The highest BCUT2D eigenvalue weighted by molar-refractivity contribution is 5.83. The number of carboxylic acid groups (broad SMARTS) is 1. The second-order valence-corrected chi connectivity index (χ2v) is 4.86. The standard InChI is InChI=1S/C12H17N3O2/c1-15(2)10-4-3-8(7-14-10)12(11(16)17)5-9(13)6-12/h3-4,7,9H,5-6,13H2,1-2H3,(H,16,17). The molecule has 2 rings (SSSR count). The smallest absolute Gasteiger partial charge is 0.314 e. The molecule has 0 radical (unpaired) electrons. The average molecular weight is 235 g/mol. The van der Waals surface area contributed by atoms with Gasteiger partial charge in [0.05, 0.1) is 5.41 Å². The highest BCUT2D eigenvalue weighted by Gasteiger charge is 2.50. The van der Waals surface area contributed by atoms with E-state index in [-0.39, 0.29) is 6.04 Å². The number of anilines is 1. The first kappa shape index (κ1) is 11.9. The zero-order valence-corrected chi connectivity index (χ0v) is 10.1. The van der Waals surface area contributed by atoms with Gasteiger partial charge in [-0.1, -0.05) is 6.07 Å². The Bertz CT molecular complexity index is 422. The Morgan fingerprint density at radius 1 is 1.53 bits per heavy atom. The third-order valence-corrected chi connectivity index (χ3v) is 3.39. The molecular weight excluding hydrogens is 218 g/mol. The highest BCUT2D eigenvalue weighted by atomic mass is 16.4. The van der Waals surface area contributed by atoms with Gasteiger partial charge < -0.3 is 15.7 Å². The Kier molecular flexibility index (Phi) is 2.79. The summed E-state index contributed by atoms with van der Waals surface area (Å²) >= 11 is 0. The molecule has 5 heteroatoms. The Hall–Kier alpha value is -1.62. The van der Waals surface area contributed by atoms with Crippen molar-refractivity contribution in [3.05, 3.63) is 23.9 Å². The Morgan fingerprint density at radius 3 is 2.53 bits per heavy atom. The molecule has 0 spiro atoms. The number of carboxylic acids is 1. The maximum atomic E-state index is 11.4. The molecule has 1 aliphatic carbocycles. The molecule has 0 aromatic carbocycles. The summed E-state index contributed by atoms with van der Waals surface area (Å²) < 4.78 is 0. The fourth-order valence-corrected chi connectivity index (χ4v) is 2.30. The van der Waals surface area contributed by atoms with E-state index < -0.39 is 11.4 Å². The van der Waals surface area contributed by atoms with Crippen LogP contribution in [0.5, 0.6) is 0 Å². The first-order valence-electron chi connectivity index (χ1n) is 5.58. The number of aromatic nitrogens is 1. The van der Waals surface area contributed by atoms with Gasteiger partial charge in [-0.2, -0.15) is 0 Å². The van der Waals surface area contributed by atoms with Crippen molar-refractivity contribution in [1.82, 2.24) is 4.98 Å². The molecule has 1 heterocycles. The third kappa shape index (κ3) is 1.86. The van der Waals surface area contributed by atoms with E-state index in [1.165, 1.54) is 0 Å². The van der Waals surface area contributed by atoms with E-state index in [1.54, 1.807) is 6.20 Å². The van der Waals surface area contributed by atoms with Crippen LogP contribution < -0.4 is 10.6 Å². The number of nitrogens with two attached hydrogens (primary N) is 1. The second-order valence-electron chi connectivity index (χ2n) is 4.86. The van der Waals surface area contributed by atoms with E-state index in [4.69, 9.17) is 5.73 Å². The van der Waals surface area contributed by atoms with Gasteiger partial charge >= 0.3 is 5.97 Å². The van der Waals surface area contributed by atoms with Gasteiger partial charge in [-0.25, -0.2) is 4.98 Å². The maximum Gasteiger partial charge on any atom is 0.314 e. The van der Waals surface area contributed by atoms with Gasteiger partial charge in [0.15, 0.2) is 0 Å². The third-order valence-electron chi connectivity index (χ3n) is 3.39.